The minimum absolute atomic E-state index is 0. The summed E-state index contributed by atoms with van der Waals surface area (Å²) in [7, 11) is 0. The molecular formula is C16H26Cl2N2. The summed E-state index contributed by atoms with van der Waals surface area (Å²) in [5.41, 5.74) is 1.45. The molecule has 3 aliphatic heterocycles. The molecule has 3 saturated heterocycles. The van der Waals surface area contributed by atoms with Crippen molar-refractivity contribution in [3.8, 4) is 0 Å². The molecule has 3 fully saturated rings. The van der Waals surface area contributed by atoms with Gasteiger partial charge < -0.3 is 10.2 Å². The second kappa shape index (κ2) is 8.23. The quantitative estimate of drug-likeness (QED) is 0.916. The third-order valence-corrected chi connectivity index (χ3v) is 4.71. The van der Waals surface area contributed by atoms with Gasteiger partial charge in [-0.1, -0.05) is 37.3 Å². The summed E-state index contributed by atoms with van der Waals surface area (Å²) in [6.45, 7) is 7.36. The van der Waals surface area contributed by atoms with E-state index in [1.165, 1.54) is 38.0 Å². The number of fused-ring (bicyclic) bond motifs is 3. The highest BCUT2D eigenvalue weighted by molar-refractivity contribution is 5.85. The number of piperidine rings is 3. The van der Waals surface area contributed by atoms with Gasteiger partial charge >= 0.3 is 0 Å². The Morgan fingerprint density at radius 2 is 1.80 bits per heavy atom. The molecule has 0 spiro atoms. The van der Waals surface area contributed by atoms with Crippen LogP contribution in [0.5, 0.6) is 0 Å². The Morgan fingerprint density at radius 3 is 2.35 bits per heavy atom. The molecule has 2 bridgehead atoms. The van der Waals surface area contributed by atoms with E-state index in [0.29, 0.717) is 5.92 Å². The maximum absolute atomic E-state index is 3.81. The van der Waals surface area contributed by atoms with E-state index in [1.54, 1.807) is 0 Å². The van der Waals surface area contributed by atoms with Crippen molar-refractivity contribution < 1.29 is 0 Å². The van der Waals surface area contributed by atoms with Gasteiger partial charge in [0, 0.05) is 19.1 Å². The number of halogens is 2. The molecule has 1 aromatic rings. The molecule has 0 aromatic heterocycles. The smallest absolute Gasteiger partial charge is 0.0224 e. The van der Waals surface area contributed by atoms with Gasteiger partial charge in [-0.25, -0.2) is 0 Å². The second-order valence-electron chi connectivity index (χ2n) is 5.96. The fourth-order valence-electron chi connectivity index (χ4n) is 3.42. The fourth-order valence-corrected chi connectivity index (χ4v) is 3.42. The van der Waals surface area contributed by atoms with Crippen molar-refractivity contribution in [2.24, 2.45) is 5.92 Å². The van der Waals surface area contributed by atoms with Gasteiger partial charge in [0.25, 0.3) is 0 Å². The van der Waals surface area contributed by atoms with Crippen molar-refractivity contribution in [2.75, 3.05) is 26.2 Å². The van der Waals surface area contributed by atoms with Crippen molar-refractivity contribution in [1.82, 2.24) is 10.2 Å². The van der Waals surface area contributed by atoms with Gasteiger partial charge in [-0.3, -0.25) is 0 Å². The number of hydrogen-bond donors (Lipinski definition) is 1. The van der Waals surface area contributed by atoms with Crippen LogP contribution in [-0.2, 0) is 0 Å². The number of rotatable bonds is 4. The lowest BCUT2D eigenvalue weighted by Gasteiger charge is -2.45. The van der Waals surface area contributed by atoms with Crippen LogP contribution < -0.4 is 5.32 Å². The Kier molecular flexibility index (Phi) is 7.32. The molecular weight excluding hydrogens is 291 g/mol. The molecule has 0 aliphatic carbocycles. The average molecular weight is 317 g/mol. The highest BCUT2D eigenvalue weighted by Gasteiger charge is 2.33. The van der Waals surface area contributed by atoms with Crippen LogP contribution in [0.3, 0.4) is 0 Å². The summed E-state index contributed by atoms with van der Waals surface area (Å²) < 4.78 is 0. The Hall–Kier alpha value is -0.280. The molecule has 2 atom stereocenters. The molecule has 4 heteroatoms. The van der Waals surface area contributed by atoms with Gasteiger partial charge in [0.05, 0.1) is 0 Å². The normalized spacial score (nSPS) is 29.1. The lowest BCUT2D eigenvalue weighted by molar-refractivity contribution is 0.0723. The third-order valence-electron chi connectivity index (χ3n) is 4.71. The van der Waals surface area contributed by atoms with Gasteiger partial charge in [0.2, 0.25) is 0 Å². The van der Waals surface area contributed by atoms with Crippen molar-refractivity contribution in [2.45, 2.75) is 31.7 Å². The predicted octanol–water partition coefficient (Wildman–Crippen LogP) is 3.32. The zero-order chi connectivity index (χ0) is 12.4. The van der Waals surface area contributed by atoms with Crippen LogP contribution in [0.2, 0.25) is 0 Å². The summed E-state index contributed by atoms with van der Waals surface area (Å²) in [5, 5.41) is 3.81. The molecule has 114 valence electrons. The lowest BCUT2D eigenvalue weighted by atomic mass is 9.84. The van der Waals surface area contributed by atoms with E-state index in [2.05, 4.69) is 47.5 Å². The van der Waals surface area contributed by atoms with Gasteiger partial charge in [-0.05, 0) is 43.3 Å². The number of hydrogen-bond acceptors (Lipinski definition) is 2. The minimum atomic E-state index is 0. The summed E-state index contributed by atoms with van der Waals surface area (Å²) in [6.07, 6.45) is 2.80. The monoisotopic (exact) mass is 316 g/mol. The zero-order valence-electron chi connectivity index (χ0n) is 12.1. The molecule has 0 saturated carbocycles. The Balaban J connectivity index is 0.000001000. The van der Waals surface area contributed by atoms with E-state index in [1.807, 2.05) is 0 Å². The van der Waals surface area contributed by atoms with Crippen LogP contribution in [0.4, 0.5) is 0 Å². The molecule has 2 unspecified atom stereocenters. The van der Waals surface area contributed by atoms with Gasteiger partial charge in [-0.15, -0.1) is 24.8 Å². The Morgan fingerprint density at radius 1 is 1.15 bits per heavy atom. The topological polar surface area (TPSA) is 15.3 Å². The molecule has 0 amide bonds. The summed E-state index contributed by atoms with van der Waals surface area (Å²) in [5.74, 6) is 1.54. The average Bonchev–Trinajstić information content (AvgIpc) is 2.47. The first-order valence-electron chi connectivity index (χ1n) is 7.33. The van der Waals surface area contributed by atoms with Crippen molar-refractivity contribution in [1.29, 1.82) is 0 Å². The first-order chi connectivity index (χ1) is 8.83. The maximum Gasteiger partial charge on any atom is 0.0224 e. The van der Waals surface area contributed by atoms with E-state index in [0.717, 1.165) is 18.5 Å². The Labute approximate surface area is 135 Å². The molecule has 1 N–H and O–H groups in total. The van der Waals surface area contributed by atoms with Crippen molar-refractivity contribution in [3.05, 3.63) is 35.9 Å². The molecule has 3 heterocycles. The van der Waals surface area contributed by atoms with Crippen LogP contribution >= 0.6 is 24.8 Å². The van der Waals surface area contributed by atoms with E-state index in [-0.39, 0.29) is 24.8 Å². The van der Waals surface area contributed by atoms with E-state index < -0.39 is 0 Å². The number of nitrogens with one attached hydrogen (secondary N) is 1. The fraction of sp³-hybridized carbons (Fsp3) is 0.625. The van der Waals surface area contributed by atoms with Gasteiger partial charge in [0.15, 0.2) is 0 Å². The number of nitrogens with zero attached hydrogens (tertiary/aromatic N) is 1. The summed E-state index contributed by atoms with van der Waals surface area (Å²) in [6, 6.07) is 11.6. The minimum Gasteiger partial charge on any atom is -0.312 e. The van der Waals surface area contributed by atoms with Crippen LogP contribution in [0.1, 0.15) is 31.2 Å². The van der Waals surface area contributed by atoms with Crippen LogP contribution in [0.15, 0.2) is 30.3 Å². The SMILES string of the molecule is CC(CNC1CN2CCC1CC2)c1ccccc1.Cl.Cl. The molecule has 4 rings (SSSR count). The second-order valence-corrected chi connectivity index (χ2v) is 5.96. The van der Waals surface area contributed by atoms with Crippen LogP contribution in [0.25, 0.3) is 0 Å². The van der Waals surface area contributed by atoms with Gasteiger partial charge in [-0.2, -0.15) is 0 Å². The predicted molar refractivity (Wildman–Crippen MR) is 90.3 cm³/mol. The third kappa shape index (κ3) is 4.11. The molecule has 20 heavy (non-hydrogen) atoms. The molecule has 0 radical (unpaired) electrons. The lowest BCUT2D eigenvalue weighted by Crippen LogP contribution is -2.56. The van der Waals surface area contributed by atoms with E-state index >= 15 is 0 Å². The van der Waals surface area contributed by atoms with Gasteiger partial charge in [0.1, 0.15) is 0 Å². The highest BCUT2D eigenvalue weighted by Crippen LogP contribution is 2.27. The van der Waals surface area contributed by atoms with Crippen molar-refractivity contribution >= 4 is 24.8 Å². The number of benzene rings is 1. The molecule has 2 nitrogen and oxygen atoms in total. The van der Waals surface area contributed by atoms with Crippen LogP contribution in [-0.4, -0.2) is 37.1 Å². The van der Waals surface area contributed by atoms with Crippen LogP contribution in [0, 0.1) is 5.92 Å². The largest absolute Gasteiger partial charge is 0.312 e. The summed E-state index contributed by atoms with van der Waals surface area (Å²) in [4.78, 5) is 2.62. The summed E-state index contributed by atoms with van der Waals surface area (Å²) >= 11 is 0. The molecule has 1 aromatic carbocycles. The maximum atomic E-state index is 3.81. The Bertz CT molecular complexity index is 377. The first kappa shape index (κ1) is 17.8. The van der Waals surface area contributed by atoms with E-state index in [4.69, 9.17) is 0 Å². The molecule has 3 aliphatic rings. The van der Waals surface area contributed by atoms with Crippen molar-refractivity contribution in [3.63, 3.8) is 0 Å². The standard InChI is InChI=1S/C16H24N2.2ClH/c1-13(14-5-3-2-4-6-14)11-17-16-12-18-9-7-15(16)8-10-18;;/h2-6,13,15-17H,7-12H2,1H3;2*1H. The van der Waals surface area contributed by atoms with E-state index in [9.17, 15) is 0 Å². The zero-order valence-corrected chi connectivity index (χ0v) is 13.8. The highest BCUT2D eigenvalue weighted by atomic mass is 35.5. The first-order valence-corrected chi connectivity index (χ1v) is 7.33.